The maximum absolute atomic E-state index is 13.7. The zero-order chi connectivity index (χ0) is 24.5. The number of amides is 2. The summed E-state index contributed by atoms with van der Waals surface area (Å²) in [6.45, 7) is 5.06. The summed E-state index contributed by atoms with van der Waals surface area (Å²) in [5.41, 5.74) is 2.50. The highest BCUT2D eigenvalue weighted by atomic mass is 35.5. The zero-order valence-electron chi connectivity index (χ0n) is 19.5. The van der Waals surface area contributed by atoms with Gasteiger partial charge in [-0.3, -0.25) is 9.59 Å². The minimum Gasteiger partial charge on any atom is -0.354 e. The maximum atomic E-state index is 13.7. The van der Waals surface area contributed by atoms with E-state index in [1.165, 1.54) is 0 Å². The van der Waals surface area contributed by atoms with Crippen molar-refractivity contribution in [3.63, 3.8) is 0 Å². The van der Waals surface area contributed by atoms with Gasteiger partial charge >= 0.3 is 0 Å². The second kappa shape index (κ2) is 12.6. The lowest BCUT2D eigenvalue weighted by molar-refractivity contribution is -0.141. The SMILES string of the molecule is CC(C)CCNC(=O)[C@H](c1ccccc1)N(Cc1ccc(Cl)cc1)C(=O)Cc1ccc(Cl)cc1. The van der Waals surface area contributed by atoms with Crippen LogP contribution in [0.1, 0.15) is 43.0 Å². The predicted molar refractivity (Wildman–Crippen MR) is 139 cm³/mol. The lowest BCUT2D eigenvalue weighted by Gasteiger charge is -2.32. The van der Waals surface area contributed by atoms with E-state index in [2.05, 4.69) is 19.2 Å². The molecule has 0 aliphatic heterocycles. The third kappa shape index (κ3) is 7.61. The van der Waals surface area contributed by atoms with Crippen LogP contribution in [-0.4, -0.2) is 23.3 Å². The number of hydrogen-bond acceptors (Lipinski definition) is 2. The predicted octanol–water partition coefficient (Wildman–Crippen LogP) is 6.47. The van der Waals surface area contributed by atoms with Gasteiger partial charge in [-0.15, -0.1) is 0 Å². The fourth-order valence-electron chi connectivity index (χ4n) is 3.68. The molecule has 0 aliphatic rings. The first-order valence-corrected chi connectivity index (χ1v) is 12.2. The summed E-state index contributed by atoms with van der Waals surface area (Å²) in [7, 11) is 0. The van der Waals surface area contributed by atoms with Crippen LogP contribution in [0.3, 0.4) is 0 Å². The average molecular weight is 497 g/mol. The van der Waals surface area contributed by atoms with Gasteiger partial charge in [0.25, 0.3) is 0 Å². The smallest absolute Gasteiger partial charge is 0.247 e. The minimum absolute atomic E-state index is 0.148. The average Bonchev–Trinajstić information content (AvgIpc) is 2.82. The normalized spacial score (nSPS) is 11.8. The molecule has 3 aromatic carbocycles. The van der Waals surface area contributed by atoms with Gasteiger partial charge in [0.2, 0.25) is 11.8 Å². The van der Waals surface area contributed by atoms with E-state index in [-0.39, 0.29) is 24.8 Å². The standard InChI is InChI=1S/C28H30Cl2N2O2/c1-20(2)16-17-31-28(34)27(23-6-4-3-5-7-23)32(19-22-10-14-25(30)15-11-22)26(33)18-21-8-12-24(29)13-9-21/h3-15,20,27H,16-19H2,1-2H3,(H,31,34)/t27-/m0/s1. The summed E-state index contributed by atoms with van der Waals surface area (Å²) in [5.74, 6) is 0.127. The summed E-state index contributed by atoms with van der Waals surface area (Å²) in [5, 5.41) is 4.27. The molecule has 0 fully saturated rings. The molecule has 0 bridgehead atoms. The first kappa shape index (κ1) is 25.8. The summed E-state index contributed by atoms with van der Waals surface area (Å²) in [6.07, 6.45) is 1.02. The van der Waals surface area contributed by atoms with E-state index in [9.17, 15) is 9.59 Å². The number of carbonyl (C=O) groups is 2. The second-order valence-corrected chi connectivity index (χ2v) is 9.61. The van der Waals surface area contributed by atoms with Crippen molar-refractivity contribution in [2.24, 2.45) is 5.92 Å². The Balaban J connectivity index is 1.95. The largest absolute Gasteiger partial charge is 0.354 e. The Morgan fingerprint density at radius 1 is 0.824 bits per heavy atom. The lowest BCUT2D eigenvalue weighted by atomic mass is 10.0. The van der Waals surface area contributed by atoms with Crippen LogP contribution in [0.2, 0.25) is 10.0 Å². The number of rotatable bonds is 10. The minimum atomic E-state index is -0.760. The molecule has 4 nitrogen and oxygen atoms in total. The maximum Gasteiger partial charge on any atom is 0.247 e. The van der Waals surface area contributed by atoms with E-state index in [0.717, 1.165) is 23.1 Å². The van der Waals surface area contributed by atoms with E-state index in [1.807, 2.05) is 54.6 Å². The van der Waals surface area contributed by atoms with Crippen molar-refractivity contribution in [1.82, 2.24) is 10.2 Å². The summed E-state index contributed by atoms with van der Waals surface area (Å²) in [4.78, 5) is 28.8. The highest BCUT2D eigenvalue weighted by Crippen LogP contribution is 2.26. The second-order valence-electron chi connectivity index (χ2n) is 8.74. The Morgan fingerprint density at radius 3 is 1.94 bits per heavy atom. The highest BCUT2D eigenvalue weighted by molar-refractivity contribution is 6.30. The van der Waals surface area contributed by atoms with Crippen LogP contribution < -0.4 is 5.32 Å². The first-order valence-electron chi connectivity index (χ1n) is 11.4. The van der Waals surface area contributed by atoms with Crippen LogP contribution in [0.15, 0.2) is 78.9 Å². The van der Waals surface area contributed by atoms with E-state index in [0.29, 0.717) is 22.5 Å². The quantitative estimate of drug-likeness (QED) is 0.349. The molecule has 3 aromatic rings. The van der Waals surface area contributed by atoms with Gasteiger partial charge in [-0.25, -0.2) is 0 Å². The summed E-state index contributed by atoms with van der Waals surface area (Å²) in [6, 6.07) is 23.2. The zero-order valence-corrected chi connectivity index (χ0v) is 21.0. The molecular weight excluding hydrogens is 467 g/mol. The third-order valence-electron chi connectivity index (χ3n) is 5.55. The molecule has 2 amide bonds. The van der Waals surface area contributed by atoms with Gasteiger partial charge in [-0.2, -0.15) is 0 Å². The van der Waals surface area contributed by atoms with Crippen LogP contribution in [0.4, 0.5) is 0 Å². The molecule has 0 aliphatic carbocycles. The number of halogens is 2. The third-order valence-corrected chi connectivity index (χ3v) is 6.06. The summed E-state index contributed by atoms with van der Waals surface area (Å²) < 4.78 is 0. The molecule has 0 unspecified atom stereocenters. The Hall–Kier alpha value is -2.82. The van der Waals surface area contributed by atoms with Gasteiger partial charge in [0.1, 0.15) is 6.04 Å². The van der Waals surface area contributed by atoms with Crippen molar-refractivity contribution >= 4 is 35.0 Å². The van der Waals surface area contributed by atoms with E-state index in [4.69, 9.17) is 23.2 Å². The Labute approximate surface area is 211 Å². The molecule has 0 saturated carbocycles. The van der Waals surface area contributed by atoms with Gasteiger partial charge in [0, 0.05) is 23.1 Å². The van der Waals surface area contributed by atoms with Gasteiger partial charge in [-0.05, 0) is 53.3 Å². The number of hydrogen-bond donors (Lipinski definition) is 1. The fraction of sp³-hybridized carbons (Fsp3) is 0.286. The molecule has 3 rings (SSSR count). The molecule has 34 heavy (non-hydrogen) atoms. The van der Waals surface area contributed by atoms with Crippen molar-refractivity contribution in [2.75, 3.05) is 6.54 Å². The van der Waals surface area contributed by atoms with Gasteiger partial charge in [-0.1, -0.05) is 91.6 Å². The molecule has 1 N–H and O–H groups in total. The van der Waals surface area contributed by atoms with E-state index in [1.54, 1.807) is 29.2 Å². The molecule has 0 spiro atoms. The van der Waals surface area contributed by atoms with Gasteiger partial charge in [0.15, 0.2) is 0 Å². The van der Waals surface area contributed by atoms with Crippen molar-refractivity contribution in [1.29, 1.82) is 0 Å². The van der Waals surface area contributed by atoms with Crippen molar-refractivity contribution in [2.45, 2.75) is 39.3 Å². The number of nitrogens with one attached hydrogen (secondary N) is 1. The number of carbonyl (C=O) groups excluding carboxylic acids is 2. The summed E-state index contributed by atoms with van der Waals surface area (Å²) >= 11 is 12.1. The monoisotopic (exact) mass is 496 g/mol. The molecule has 6 heteroatoms. The molecule has 0 aromatic heterocycles. The van der Waals surface area contributed by atoms with E-state index < -0.39 is 6.04 Å². The van der Waals surface area contributed by atoms with Gasteiger partial charge in [0.05, 0.1) is 6.42 Å². The number of benzene rings is 3. The number of nitrogens with zero attached hydrogens (tertiary/aromatic N) is 1. The highest BCUT2D eigenvalue weighted by Gasteiger charge is 2.31. The Morgan fingerprint density at radius 2 is 1.38 bits per heavy atom. The van der Waals surface area contributed by atoms with Gasteiger partial charge < -0.3 is 10.2 Å². The van der Waals surface area contributed by atoms with Crippen LogP contribution >= 0.6 is 23.2 Å². The Bertz CT molecular complexity index is 1070. The van der Waals surface area contributed by atoms with Crippen LogP contribution in [0, 0.1) is 5.92 Å². The molecule has 178 valence electrons. The molecule has 0 saturated heterocycles. The van der Waals surface area contributed by atoms with Crippen molar-refractivity contribution in [3.05, 3.63) is 106 Å². The topological polar surface area (TPSA) is 49.4 Å². The lowest BCUT2D eigenvalue weighted by Crippen LogP contribution is -2.44. The molecule has 0 heterocycles. The molecular formula is C28H30Cl2N2O2. The fourth-order valence-corrected chi connectivity index (χ4v) is 3.93. The van der Waals surface area contributed by atoms with Crippen molar-refractivity contribution < 1.29 is 9.59 Å². The Kier molecular flexibility index (Phi) is 9.55. The van der Waals surface area contributed by atoms with Crippen LogP contribution in [-0.2, 0) is 22.6 Å². The van der Waals surface area contributed by atoms with Crippen LogP contribution in [0.5, 0.6) is 0 Å². The van der Waals surface area contributed by atoms with Crippen LogP contribution in [0.25, 0.3) is 0 Å². The van der Waals surface area contributed by atoms with E-state index >= 15 is 0 Å². The first-order chi connectivity index (χ1) is 16.3. The molecule has 0 radical (unpaired) electrons. The van der Waals surface area contributed by atoms with Crippen molar-refractivity contribution in [3.8, 4) is 0 Å². The molecule has 1 atom stereocenters.